The first-order chi connectivity index (χ1) is 13.0. The smallest absolute Gasteiger partial charge is 0.309 e. The third-order valence-corrected chi connectivity index (χ3v) is 7.09. The third kappa shape index (κ3) is 3.05. The molecule has 0 saturated heterocycles. The molecule has 0 aliphatic heterocycles. The van der Waals surface area contributed by atoms with Crippen molar-refractivity contribution in [2.75, 3.05) is 25.6 Å². The number of anilines is 1. The van der Waals surface area contributed by atoms with Crippen LogP contribution in [0.2, 0.25) is 5.02 Å². The van der Waals surface area contributed by atoms with E-state index in [2.05, 4.69) is 10.4 Å². The van der Waals surface area contributed by atoms with Gasteiger partial charge in [-0.3, -0.25) is 9.59 Å². The number of nitrogens with zero attached hydrogens (tertiary/aromatic N) is 2. The number of aliphatic carboxylic acids is 1. The highest BCUT2D eigenvalue weighted by molar-refractivity contribution is 6.32. The zero-order valence-electron chi connectivity index (χ0n) is 15.5. The molecule has 0 spiro atoms. The quantitative estimate of drug-likeness (QED) is 0.689. The lowest BCUT2D eigenvalue weighted by molar-refractivity contribution is -0.168. The number of carbonyl (C=O) groups is 1. The van der Waals surface area contributed by atoms with Gasteiger partial charge in [-0.2, -0.15) is 5.10 Å². The number of hydrogen-bond donors (Lipinski definition) is 2. The summed E-state index contributed by atoms with van der Waals surface area (Å²) < 4.78 is 6.43. The van der Waals surface area contributed by atoms with E-state index in [0.717, 1.165) is 25.7 Å². The maximum Gasteiger partial charge on any atom is 0.309 e. The second-order valence-corrected chi connectivity index (χ2v) is 8.77. The predicted molar refractivity (Wildman–Crippen MR) is 101 cm³/mol. The van der Waals surface area contributed by atoms with Gasteiger partial charge >= 0.3 is 5.97 Å². The number of rotatable bonds is 7. The summed E-state index contributed by atoms with van der Waals surface area (Å²) in [5.41, 5.74) is -0.636. The molecule has 27 heavy (non-hydrogen) atoms. The maximum absolute atomic E-state index is 13.1. The molecule has 0 radical (unpaired) electrons. The number of aromatic nitrogens is 2. The number of nitrogens with one attached hydrogen (secondary N) is 1. The lowest BCUT2D eigenvalue weighted by Gasteiger charge is -2.59. The fraction of sp³-hybridized carbons (Fsp3) is 0.737. The van der Waals surface area contributed by atoms with Gasteiger partial charge in [0.1, 0.15) is 5.02 Å². The van der Waals surface area contributed by atoms with Crippen molar-refractivity contribution < 1.29 is 14.6 Å². The summed E-state index contributed by atoms with van der Waals surface area (Å²) in [5.74, 6) is -0.277. The monoisotopic (exact) mass is 395 g/mol. The summed E-state index contributed by atoms with van der Waals surface area (Å²) in [6.45, 7) is 1.23. The third-order valence-electron chi connectivity index (χ3n) is 6.72. The largest absolute Gasteiger partial charge is 0.481 e. The van der Waals surface area contributed by atoms with Crippen LogP contribution >= 0.6 is 11.6 Å². The van der Waals surface area contributed by atoms with Crippen molar-refractivity contribution in [1.82, 2.24) is 9.78 Å². The molecule has 4 bridgehead atoms. The van der Waals surface area contributed by atoms with Crippen LogP contribution in [0.5, 0.6) is 0 Å². The molecular formula is C19H26ClN3O4. The van der Waals surface area contributed by atoms with Gasteiger partial charge < -0.3 is 15.2 Å². The van der Waals surface area contributed by atoms with Crippen LogP contribution in [0.3, 0.4) is 0 Å². The zero-order chi connectivity index (χ0) is 19.2. The number of methoxy groups -OCH3 is 1. The molecule has 7 nitrogen and oxygen atoms in total. The van der Waals surface area contributed by atoms with E-state index in [1.165, 1.54) is 4.68 Å². The van der Waals surface area contributed by atoms with Crippen LogP contribution in [0.4, 0.5) is 5.69 Å². The minimum atomic E-state index is -0.814. The predicted octanol–water partition coefficient (Wildman–Crippen LogP) is 2.58. The Kier molecular flexibility index (Phi) is 4.93. The van der Waals surface area contributed by atoms with Crippen molar-refractivity contribution in [3.63, 3.8) is 0 Å². The van der Waals surface area contributed by atoms with Gasteiger partial charge in [0.25, 0.3) is 5.56 Å². The van der Waals surface area contributed by atoms with Crippen LogP contribution in [-0.2, 0) is 15.1 Å². The van der Waals surface area contributed by atoms with E-state index < -0.39 is 17.4 Å². The molecule has 0 aromatic carbocycles. The molecule has 5 rings (SSSR count). The molecule has 4 aliphatic carbocycles. The van der Waals surface area contributed by atoms with E-state index in [9.17, 15) is 14.7 Å². The van der Waals surface area contributed by atoms with E-state index >= 15 is 0 Å². The number of hydrogen-bond acceptors (Lipinski definition) is 5. The van der Waals surface area contributed by atoms with E-state index in [1.54, 1.807) is 13.3 Å². The number of halogens is 1. The van der Waals surface area contributed by atoms with Crippen LogP contribution in [0.15, 0.2) is 11.0 Å². The van der Waals surface area contributed by atoms with E-state index in [-0.39, 0.29) is 16.5 Å². The van der Waals surface area contributed by atoms with Crippen molar-refractivity contribution in [2.24, 2.45) is 23.7 Å². The molecule has 0 unspecified atom stereocenters. The molecule has 1 heterocycles. The molecule has 1 aromatic heterocycles. The molecule has 4 aliphatic rings. The van der Waals surface area contributed by atoms with Gasteiger partial charge in [0, 0.05) is 20.3 Å². The van der Waals surface area contributed by atoms with Gasteiger partial charge in [-0.05, 0) is 56.3 Å². The summed E-state index contributed by atoms with van der Waals surface area (Å²) in [7, 11) is 1.64. The summed E-state index contributed by atoms with van der Waals surface area (Å²) in [6.07, 6.45) is 6.82. The molecule has 2 N–H and O–H groups in total. The standard InChI is InChI=1S/C19H26ClN3O4/c1-27-4-2-3-21-14-10-22-23(17(24)16(14)20)19-8-11-5-12(9-19)7-13(6-11)15(19)18(25)26/h10-13,15,21H,2-9H2,1H3,(H,25,26)/t11-,12-,13?,15-,19?/m0/s1. The fourth-order valence-corrected chi connectivity index (χ4v) is 6.24. The summed E-state index contributed by atoms with van der Waals surface area (Å²) in [6, 6.07) is 0. The lowest BCUT2D eigenvalue weighted by Crippen LogP contribution is -2.63. The summed E-state index contributed by atoms with van der Waals surface area (Å²) >= 11 is 6.36. The van der Waals surface area contributed by atoms with E-state index in [4.69, 9.17) is 16.3 Å². The number of ether oxygens (including phenoxy) is 1. The van der Waals surface area contributed by atoms with Crippen LogP contribution in [0.25, 0.3) is 0 Å². The second-order valence-electron chi connectivity index (χ2n) is 8.39. The Morgan fingerprint density at radius 3 is 2.74 bits per heavy atom. The SMILES string of the molecule is COCCCNc1cnn(C23C[C@@H]4CC(C[C@H](C4)C2)[C@H]3C(=O)O)c(=O)c1Cl. The Labute approximate surface area is 163 Å². The molecule has 8 heteroatoms. The Hall–Kier alpha value is -1.60. The minimum absolute atomic E-state index is 0.0855. The zero-order valence-corrected chi connectivity index (χ0v) is 16.2. The Morgan fingerprint density at radius 1 is 1.41 bits per heavy atom. The van der Waals surface area contributed by atoms with Gasteiger partial charge in [0.2, 0.25) is 0 Å². The summed E-state index contributed by atoms with van der Waals surface area (Å²) in [5, 5.41) is 17.6. The van der Waals surface area contributed by atoms with Crippen LogP contribution in [0.1, 0.15) is 38.5 Å². The van der Waals surface area contributed by atoms with Crippen molar-refractivity contribution in [2.45, 2.75) is 44.1 Å². The van der Waals surface area contributed by atoms with Crippen molar-refractivity contribution >= 4 is 23.3 Å². The number of carboxylic acids is 1. The average molecular weight is 396 g/mol. The molecule has 4 saturated carbocycles. The highest BCUT2D eigenvalue weighted by Gasteiger charge is 2.61. The van der Waals surface area contributed by atoms with Gasteiger partial charge in [-0.25, -0.2) is 4.68 Å². The second kappa shape index (κ2) is 7.09. The van der Waals surface area contributed by atoms with Gasteiger partial charge in [-0.15, -0.1) is 0 Å². The Balaban J connectivity index is 1.68. The molecule has 1 aromatic rings. The van der Waals surface area contributed by atoms with Crippen LogP contribution in [0, 0.1) is 23.7 Å². The summed E-state index contributed by atoms with van der Waals surface area (Å²) in [4.78, 5) is 25.2. The first-order valence-electron chi connectivity index (χ1n) is 9.70. The lowest BCUT2D eigenvalue weighted by atomic mass is 9.48. The first kappa shape index (κ1) is 18.7. The normalized spacial score (nSPS) is 34.0. The van der Waals surface area contributed by atoms with Crippen molar-refractivity contribution in [1.29, 1.82) is 0 Å². The topological polar surface area (TPSA) is 93.4 Å². The molecule has 148 valence electrons. The Morgan fingerprint density at radius 2 is 2.11 bits per heavy atom. The average Bonchev–Trinajstić information content (AvgIpc) is 2.60. The molecular weight excluding hydrogens is 370 g/mol. The minimum Gasteiger partial charge on any atom is -0.481 e. The van der Waals surface area contributed by atoms with Gasteiger partial charge in [-0.1, -0.05) is 11.6 Å². The van der Waals surface area contributed by atoms with Crippen molar-refractivity contribution in [3.8, 4) is 0 Å². The highest BCUT2D eigenvalue weighted by atomic mass is 35.5. The number of carboxylic acid groups (broad SMARTS) is 1. The maximum atomic E-state index is 13.1. The highest BCUT2D eigenvalue weighted by Crippen LogP contribution is 2.61. The van der Waals surface area contributed by atoms with Crippen molar-refractivity contribution in [3.05, 3.63) is 21.6 Å². The fourth-order valence-electron chi connectivity index (χ4n) is 6.05. The van der Waals surface area contributed by atoms with E-state index in [1.807, 2.05) is 0 Å². The first-order valence-corrected chi connectivity index (χ1v) is 10.1. The molecule has 0 amide bonds. The molecule has 4 fully saturated rings. The Bertz CT molecular complexity index is 782. The van der Waals surface area contributed by atoms with Gasteiger partial charge in [0.05, 0.1) is 23.3 Å². The van der Waals surface area contributed by atoms with E-state index in [0.29, 0.717) is 43.5 Å². The van der Waals surface area contributed by atoms with Crippen LogP contribution < -0.4 is 10.9 Å². The molecule has 3 atom stereocenters. The van der Waals surface area contributed by atoms with Crippen LogP contribution in [-0.4, -0.2) is 41.1 Å². The van der Waals surface area contributed by atoms with Gasteiger partial charge in [0.15, 0.2) is 0 Å².